The molecule has 2 rings (SSSR count). The summed E-state index contributed by atoms with van der Waals surface area (Å²) in [6.07, 6.45) is 7.57. The predicted octanol–water partition coefficient (Wildman–Crippen LogP) is 2.61. The highest BCUT2D eigenvalue weighted by molar-refractivity contribution is 7.89. The molecule has 0 aromatic heterocycles. The van der Waals surface area contributed by atoms with Crippen LogP contribution in [0.2, 0.25) is 0 Å². The largest absolute Gasteiger partial charge is 0.317 e. The fraction of sp³-hybridized carbons (Fsp3) is 1.00. The van der Waals surface area contributed by atoms with Crippen LogP contribution in [0.4, 0.5) is 0 Å². The Kier molecular flexibility index (Phi) is 6.51. The Bertz CT molecular complexity index is 397. The van der Waals surface area contributed by atoms with Gasteiger partial charge in [0.25, 0.3) is 0 Å². The summed E-state index contributed by atoms with van der Waals surface area (Å²) in [6, 6.07) is 0.269. The molecule has 1 saturated carbocycles. The quantitative estimate of drug-likeness (QED) is 0.785. The first-order chi connectivity index (χ1) is 9.99. The molecule has 0 bridgehead atoms. The molecule has 0 unspecified atom stereocenters. The van der Waals surface area contributed by atoms with Crippen molar-refractivity contribution < 1.29 is 8.42 Å². The Balaban J connectivity index is 1.94. The second-order valence-corrected chi connectivity index (χ2v) is 9.24. The third kappa shape index (κ3) is 5.22. The van der Waals surface area contributed by atoms with Crippen LogP contribution in [0, 0.1) is 11.8 Å². The van der Waals surface area contributed by atoms with E-state index < -0.39 is 10.0 Å². The van der Waals surface area contributed by atoms with Crippen molar-refractivity contribution in [2.24, 2.45) is 11.8 Å². The van der Waals surface area contributed by atoms with Crippen LogP contribution in [0.25, 0.3) is 0 Å². The normalized spacial score (nSPS) is 22.5. The molecule has 1 saturated heterocycles. The van der Waals surface area contributed by atoms with E-state index in [1.165, 1.54) is 12.8 Å². The van der Waals surface area contributed by atoms with E-state index in [1.54, 1.807) is 0 Å². The van der Waals surface area contributed by atoms with Gasteiger partial charge in [0.1, 0.15) is 0 Å². The lowest BCUT2D eigenvalue weighted by atomic mass is 9.96. The maximum Gasteiger partial charge on any atom is 0.214 e. The van der Waals surface area contributed by atoms with Crippen molar-refractivity contribution >= 4 is 10.0 Å². The average Bonchev–Trinajstić information content (AvgIpc) is 2.97. The van der Waals surface area contributed by atoms with Gasteiger partial charge in [-0.25, -0.2) is 8.42 Å². The van der Waals surface area contributed by atoms with Crippen LogP contribution < -0.4 is 5.32 Å². The summed E-state index contributed by atoms with van der Waals surface area (Å²) in [5.74, 6) is 1.34. The van der Waals surface area contributed by atoms with Crippen LogP contribution in [0.5, 0.6) is 0 Å². The molecule has 0 aromatic rings. The standard InChI is InChI=1S/C16H32N2O2S/c1-14(2)13-18(16-5-3-4-6-16)21(19,20)12-9-15-7-10-17-11-8-15/h14-17H,3-13H2,1-2H3. The van der Waals surface area contributed by atoms with Gasteiger partial charge in [-0.05, 0) is 57.0 Å². The maximum absolute atomic E-state index is 12.8. The van der Waals surface area contributed by atoms with Gasteiger partial charge in [-0.15, -0.1) is 0 Å². The highest BCUT2D eigenvalue weighted by Crippen LogP contribution is 2.28. The number of hydrogen-bond acceptors (Lipinski definition) is 3. The molecular formula is C16H32N2O2S. The summed E-state index contributed by atoms with van der Waals surface area (Å²) < 4.78 is 27.5. The molecule has 1 aliphatic heterocycles. The number of nitrogens with zero attached hydrogens (tertiary/aromatic N) is 1. The van der Waals surface area contributed by atoms with Crippen LogP contribution in [0.15, 0.2) is 0 Å². The Morgan fingerprint density at radius 1 is 1.10 bits per heavy atom. The van der Waals surface area contributed by atoms with Gasteiger partial charge >= 0.3 is 0 Å². The summed E-state index contributed by atoms with van der Waals surface area (Å²) in [5.41, 5.74) is 0. The second-order valence-electron chi connectivity index (χ2n) is 7.20. The van der Waals surface area contributed by atoms with E-state index >= 15 is 0 Å². The van der Waals surface area contributed by atoms with Crippen molar-refractivity contribution in [1.29, 1.82) is 0 Å². The smallest absolute Gasteiger partial charge is 0.214 e. The number of nitrogens with one attached hydrogen (secondary N) is 1. The molecule has 21 heavy (non-hydrogen) atoms. The Morgan fingerprint density at radius 2 is 1.71 bits per heavy atom. The number of rotatable bonds is 7. The van der Waals surface area contributed by atoms with Crippen molar-refractivity contribution in [3.63, 3.8) is 0 Å². The number of hydrogen-bond donors (Lipinski definition) is 1. The first-order valence-corrected chi connectivity index (χ1v) is 10.3. The Morgan fingerprint density at radius 3 is 2.29 bits per heavy atom. The molecule has 4 nitrogen and oxygen atoms in total. The third-order valence-corrected chi connectivity index (χ3v) is 6.79. The van der Waals surface area contributed by atoms with E-state index in [9.17, 15) is 8.42 Å². The average molecular weight is 317 g/mol. The van der Waals surface area contributed by atoms with Gasteiger partial charge in [-0.2, -0.15) is 4.31 Å². The first-order valence-electron chi connectivity index (χ1n) is 8.69. The topological polar surface area (TPSA) is 49.4 Å². The van der Waals surface area contributed by atoms with Gasteiger partial charge in [0.2, 0.25) is 10.0 Å². The van der Waals surface area contributed by atoms with E-state index in [0.717, 1.165) is 45.2 Å². The fourth-order valence-electron chi connectivity index (χ4n) is 3.65. The lowest BCUT2D eigenvalue weighted by molar-refractivity contribution is 0.289. The molecule has 0 atom stereocenters. The maximum atomic E-state index is 12.8. The fourth-order valence-corrected chi connectivity index (χ4v) is 5.70. The van der Waals surface area contributed by atoms with Crippen LogP contribution in [0.1, 0.15) is 58.8 Å². The minimum Gasteiger partial charge on any atom is -0.317 e. The van der Waals surface area contributed by atoms with E-state index in [2.05, 4.69) is 19.2 Å². The molecule has 0 spiro atoms. The van der Waals surface area contributed by atoms with Gasteiger partial charge in [-0.3, -0.25) is 0 Å². The molecular weight excluding hydrogens is 284 g/mol. The van der Waals surface area contributed by atoms with Crippen LogP contribution >= 0.6 is 0 Å². The van der Waals surface area contributed by atoms with Crippen molar-refractivity contribution in [3.8, 4) is 0 Å². The minimum atomic E-state index is -3.09. The summed E-state index contributed by atoms with van der Waals surface area (Å²) in [5, 5.41) is 3.35. The van der Waals surface area contributed by atoms with E-state index in [1.807, 2.05) is 4.31 Å². The molecule has 1 aliphatic carbocycles. The Hall–Kier alpha value is -0.130. The molecule has 0 radical (unpaired) electrons. The van der Waals surface area contributed by atoms with E-state index in [0.29, 0.717) is 24.1 Å². The van der Waals surface area contributed by atoms with Crippen molar-refractivity contribution in [2.45, 2.75) is 64.8 Å². The van der Waals surface area contributed by atoms with E-state index in [-0.39, 0.29) is 6.04 Å². The lowest BCUT2D eigenvalue weighted by Gasteiger charge is -2.30. The molecule has 2 aliphatic rings. The number of sulfonamides is 1. The first kappa shape index (κ1) is 17.2. The van der Waals surface area contributed by atoms with Crippen molar-refractivity contribution in [1.82, 2.24) is 9.62 Å². The predicted molar refractivity (Wildman–Crippen MR) is 87.8 cm³/mol. The summed E-state index contributed by atoms with van der Waals surface area (Å²) in [6.45, 7) is 7.01. The molecule has 2 fully saturated rings. The van der Waals surface area contributed by atoms with Crippen molar-refractivity contribution in [3.05, 3.63) is 0 Å². The van der Waals surface area contributed by atoms with E-state index in [4.69, 9.17) is 0 Å². The summed E-state index contributed by atoms with van der Waals surface area (Å²) in [4.78, 5) is 0. The van der Waals surface area contributed by atoms with Gasteiger partial charge in [0, 0.05) is 12.6 Å². The lowest BCUT2D eigenvalue weighted by Crippen LogP contribution is -2.43. The zero-order valence-corrected chi connectivity index (χ0v) is 14.5. The van der Waals surface area contributed by atoms with Gasteiger partial charge in [-0.1, -0.05) is 26.7 Å². The van der Waals surface area contributed by atoms with Gasteiger partial charge < -0.3 is 5.32 Å². The number of piperidine rings is 1. The molecule has 1 N–H and O–H groups in total. The highest BCUT2D eigenvalue weighted by atomic mass is 32.2. The monoisotopic (exact) mass is 316 g/mol. The Labute approximate surface area is 130 Å². The molecule has 124 valence electrons. The molecule has 0 aromatic carbocycles. The third-order valence-electron chi connectivity index (χ3n) is 4.88. The van der Waals surface area contributed by atoms with Gasteiger partial charge in [0.15, 0.2) is 0 Å². The van der Waals surface area contributed by atoms with Gasteiger partial charge in [0.05, 0.1) is 5.75 Å². The molecule has 1 heterocycles. The summed E-state index contributed by atoms with van der Waals surface area (Å²) in [7, 11) is -3.09. The summed E-state index contributed by atoms with van der Waals surface area (Å²) >= 11 is 0. The van der Waals surface area contributed by atoms with Crippen molar-refractivity contribution in [2.75, 3.05) is 25.4 Å². The van der Waals surface area contributed by atoms with Crippen LogP contribution in [-0.4, -0.2) is 44.2 Å². The zero-order valence-electron chi connectivity index (χ0n) is 13.7. The molecule has 5 heteroatoms. The van der Waals surface area contributed by atoms with Crippen LogP contribution in [-0.2, 0) is 10.0 Å². The minimum absolute atomic E-state index is 0.269. The second kappa shape index (κ2) is 7.93. The SMILES string of the molecule is CC(C)CN(C1CCCC1)S(=O)(=O)CCC1CCNCC1. The zero-order chi connectivity index (χ0) is 15.3. The highest BCUT2D eigenvalue weighted by Gasteiger charge is 2.32. The van der Waals surface area contributed by atoms with Crippen LogP contribution in [0.3, 0.4) is 0 Å². The molecule has 0 amide bonds.